The number of rotatable bonds is 6. The second-order valence-corrected chi connectivity index (χ2v) is 6.25. The summed E-state index contributed by atoms with van der Waals surface area (Å²) in [4.78, 5) is 0. The summed E-state index contributed by atoms with van der Waals surface area (Å²) in [5.41, 5.74) is 0. The highest BCUT2D eigenvalue weighted by atomic mass is 32.3. The van der Waals surface area contributed by atoms with Gasteiger partial charge in [-0.25, -0.2) is 4.18 Å². The highest BCUT2D eigenvalue weighted by Gasteiger charge is 2.41. The summed E-state index contributed by atoms with van der Waals surface area (Å²) in [6.45, 7) is -0.993. The predicted molar refractivity (Wildman–Crippen MR) is 62.5 cm³/mol. The molecular weight excluding hydrogens is 322 g/mol. The number of hydrogen-bond donors (Lipinski definition) is 4. The lowest BCUT2D eigenvalue weighted by atomic mass is 9.99. The monoisotopic (exact) mass is 337 g/mol. The van der Waals surface area contributed by atoms with Crippen molar-refractivity contribution < 1.29 is 44.7 Å². The molecule has 1 saturated heterocycles. The second-order valence-electron chi connectivity index (χ2n) is 3.97. The van der Waals surface area contributed by atoms with Crippen molar-refractivity contribution in [3.8, 4) is 0 Å². The lowest BCUT2D eigenvalue weighted by molar-refractivity contribution is -0.167. The molecular formula is C7H15NO10S2. The molecule has 11 nitrogen and oxygen atoms in total. The van der Waals surface area contributed by atoms with Gasteiger partial charge in [-0.1, -0.05) is 0 Å². The van der Waals surface area contributed by atoms with Crippen LogP contribution in [0.1, 0.15) is 0 Å². The molecule has 0 bridgehead atoms. The molecule has 0 aliphatic carbocycles. The molecule has 0 aromatic carbocycles. The van der Waals surface area contributed by atoms with Gasteiger partial charge in [0, 0.05) is 7.11 Å². The summed E-state index contributed by atoms with van der Waals surface area (Å²) in [5.74, 6) is 0. The Kier molecular flexibility index (Phi) is 5.82. The number of aliphatic hydroxyl groups excluding tert-OH is 1. The van der Waals surface area contributed by atoms with E-state index >= 15 is 0 Å². The van der Waals surface area contributed by atoms with Crippen molar-refractivity contribution in [3.05, 3.63) is 0 Å². The molecule has 13 heteroatoms. The van der Waals surface area contributed by atoms with Crippen LogP contribution in [0.3, 0.4) is 0 Å². The van der Waals surface area contributed by atoms with Gasteiger partial charge >= 0.3 is 20.7 Å². The molecule has 20 heavy (non-hydrogen) atoms. The first-order chi connectivity index (χ1) is 9.03. The van der Waals surface area contributed by atoms with Gasteiger partial charge in [0.05, 0.1) is 19.3 Å². The molecule has 1 aliphatic rings. The third kappa shape index (κ3) is 5.55. The van der Waals surface area contributed by atoms with Gasteiger partial charge in [-0.05, 0) is 0 Å². The van der Waals surface area contributed by atoms with E-state index in [-0.39, 0.29) is 6.61 Å². The minimum absolute atomic E-state index is 0.361. The molecule has 120 valence electrons. The van der Waals surface area contributed by atoms with Crippen LogP contribution in [0.4, 0.5) is 0 Å². The Bertz CT molecular complexity index is 514. The van der Waals surface area contributed by atoms with Crippen LogP contribution in [0.2, 0.25) is 0 Å². The van der Waals surface area contributed by atoms with Gasteiger partial charge in [0.2, 0.25) is 0 Å². The number of ether oxygens (including phenoxy) is 2. The molecule has 0 amide bonds. The van der Waals surface area contributed by atoms with Crippen molar-refractivity contribution in [1.82, 2.24) is 4.72 Å². The van der Waals surface area contributed by atoms with Crippen LogP contribution in [0.5, 0.6) is 0 Å². The fraction of sp³-hybridized carbons (Fsp3) is 1.00. The van der Waals surface area contributed by atoms with Crippen molar-refractivity contribution in [1.29, 1.82) is 0 Å². The van der Waals surface area contributed by atoms with Gasteiger partial charge in [0.1, 0.15) is 18.3 Å². The molecule has 0 saturated carbocycles. The Morgan fingerprint density at radius 3 is 2.35 bits per heavy atom. The minimum atomic E-state index is -4.68. The highest BCUT2D eigenvalue weighted by Crippen LogP contribution is 2.19. The zero-order valence-corrected chi connectivity index (χ0v) is 11.9. The van der Waals surface area contributed by atoms with Gasteiger partial charge < -0.3 is 14.6 Å². The maximum absolute atomic E-state index is 10.7. The lowest BCUT2D eigenvalue weighted by Crippen LogP contribution is -2.60. The van der Waals surface area contributed by atoms with Crippen LogP contribution in [-0.2, 0) is 34.4 Å². The molecule has 0 radical (unpaired) electrons. The summed E-state index contributed by atoms with van der Waals surface area (Å²) in [7, 11) is -8.06. The van der Waals surface area contributed by atoms with E-state index in [9.17, 15) is 21.9 Å². The van der Waals surface area contributed by atoms with Crippen LogP contribution in [0.25, 0.3) is 0 Å². The molecule has 4 N–H and O–H groups in total. The summed E-state index contributed by atoms with van der Waals surface area (Å²) in [6, 6.07) is -1.18. The van der Waals surface area contributed by atoms with Crippen LogP contribution in [0.15, 0.2) is 0 Å². The van der Waals surface area contributed by atoms with Crippen LogP contribution < -0.4 is 4.72 Å². The third-order valence-corrected chi connectivity index (χ3v) is 3.59. The quantitative estimate of drug-likeness (QED) is 0.375. The Balaban J connectivity index is 2.71. The fourth-order valence-electron chi connectivity index (χ4n) is 1.75. The fourth-order valence-corrected chi connectivity index (χ4v) is 2.65. The Morgan fingerprint density at radius 1 is 1.30 bits per heavy atom. The maximum atomic E-state index is 10.7. The third-order valence-electron chi connectivity index (χ3n) is 2.56. The number of aliphatic hydroxyl groups is 1. The lowest BCUT2D eigenvalue weighted by Gasteiger charge is -2.38. The van der Waals surface area contributed by atoms with E-state index in [2.05, 4.69) is 4.18 Å². The molecule has 0 aromatic heterocycles. The van der Waals surface area contributed by atoms with Gasteiger partial charge in [0.15, 0.2) is 0 Å². The Morgan fingerprint density at radius 2 is 1.90 bits per heavy atom. The number of nitrogens with one attached hydrogen (secondary N) is 1. The number of hydrogen-bond acceptors (Lipinski definition) is 8. The zero-order valence-electron chi connectivity index (χ0n) is 10.2. The standard InChI is InChI=1S/C7H15NO10S2/c1-16-7-5(3-18-20(13,14)15)17-2-4(6(7)9)8-19(10,11)12/h4-9H,2-3H2,1H3,(H,10,11,12)(H,13,14,15)/t4-,5?,6?,7-/m1/s1. The maximum Gasteiger partial charge on any atom is 0.397 e. The van der Waals surface area contributed by atoms with Crippen LogP contribution >= 0.6 is 0 Å². The van der Waals surface area contributed by atoms with E-state index in [1.807, 2.05) is 0 Å². The Labute approximate surface area is 115 Å². The minimum Gasteiger partial charge on any atom is -0.389 e. The van der Waals surface area contributed by atoms with E-state index in [1.54, 1.807) is 4.72 Å². The van der Waals surface area contributed by atoms with Crippen molar-refractivity contribution in [2.24, 2.45) is 0 Å². The Hall–Kier alpha value is -0.380. The molecule has 1 heterocycles. The average Bonchev–Trinajstić information content (AvgIpc) is 2.27. The van der Waals surface area contributed by atoms with Gasteiger partial charge in [-0.2, -0.15) is 21.6 Å². The normalized spacial score (nSPS) is 32.2. The van der Waals surface area contributed by atoms with Gasteiger partial charge in [-0.3, -0.25) is 9.11 Å². The van der Waals surface area contributed by atoms with E-state index in [0.29, 0.717) is 0 Å². The average molecular weight is 337 g/mol. The first-order valence-corrected chi connectivity index (χ1v) is 8.03. The van der Waals surface area contributed by atoms with Crippen molar-refractivity contribution in [2.45, 2.75) is 24.4 Å². The molecule has 1 rings (SSSR count). The number of methoxy groups -OCH3 is 1. The summed E-state index contributed by atoms with van der Waals surface area (Å²) >= 11 is 0. The molecule has 4 atom stereocenters. The molecule has 2 unspecified atom stereocenters. The summed E-state index contributed by atoms with van der Waals surface area (Å²) in [5, 5.41) is 9.88. The second kappa shape index (κ2) is 6.59. The van der Waals surface area contributed by atoms with Crippen molar-refractivity contribution in [2.75, 3.05) is 20.3 Å². The SMILES string of the molecule is CO[C@@H]1C(COS(=O)(=O)O)OC[C@@H](NS(=O)(=O)O)C1O. The largest absolute Gasteiger partial charge is 0.397 e. The molecule has 0 spiro atoms. The summed E-state index contributed by atoms with van der Waals surface area (Å²) < 4.78 is 75.1. The first-order valence-electron chi connectivity index (χ1n) is 5.22. The topological polar surface area (TPSA) is 169 Å². The van der Waals surface area contributed by atoms with E-state index in [0.717, 1.165) is 0 Å². The molecule has 0 aromatic rings. The van der Waals surface area contributed by atoms with E-state index in [4.69, 9.17) is 18.6 Å². The van der Waals surface area contributed by atoms with Crippen LogP contribution in [-0.4, -0.2) is 75.7 Å². The van der Waals surface area contributed by atoms with Gasteiger partial charge in [-0.15, -0.1) is 0 Å². The van der Waals surface area contributed by atoms with E-state index < -0.39 is 51.7 Å². The van der Waals surface area contributed by atoms with Crippen molar-refractivity contribution >= 4 is 20.7 Å². The highest BCUT2D eigenvalue weighted by molar-refractivity contribution is 7.83. The van der Waals surface area contributed by atoms with E-state index in [1.165, 1.54) is 7.11 Å². The zero-order chi connectivity index (χ0) is 15.6. The van der Waals surface area contributed by atoms with Crippen molar-refractivity contribution in [3.63, 3.8) is 0 Å². The smallest absolute Gasteiger partial charge is 0.389 e. The first kappa shape index (κ1) is 17.7. The molecule has 1 aliphatic heterocycles. The molecule has 1 fully saturated rings. The van der Waals surface area contributed by atoms with Crippen LogP contribution in [0, 0.1) is 0 Å². The summed E-state index contributed by atoms with van der Waals surface area (Å²) in [6.07, 6.45) is -3.62. The van der Waals surface area contributed by atoms with Gasteiger partial charge in [0.25, 0.3) is 0 Å². The predicted octanol–water partition coefficient (Wildman–Crippen LogP) is -2.66.